The summed E-state index contributed by atoms with van der Waals surface area (Å²) in [5.74, 6) is 1.07. The van der Waals surface area contributed by atoms with Gasteiger partial charge in [0.2, 0.25) is 0 Å². The number of thiol groups is 1. The van der Waals surface area contributed by atoms with Crippen molar-refractivity contribution in [2.75, 3.05) is 5.75 Å². The van der Waals surface area contributed by atoms with Crippen LogP contribution in [0.3, 0.4) is 0 Å². The van der Waals surface area contributed by atoms with Crippen LogP contribution in [0.4, 0.5) is 0 Å². The minimum Gasteiger partial charge on any atom is -0.179 e. The van der Waals surface area contributed by atoms with E-state index in [4.69, 9.17) is 0 Å². The van der Waals surface area contributed by atoms with Gasteiger partial charge in [-0.15, -0.1) is 0 Å². The zero-order chi connectivity index (χ0) is 9.78. The molecular weight excluding hydrogens is 199 g/mol. The van der Waals surface area contributed by atoms with Crippen LogP contribution in [0.5, 0.6) is 0 Å². The summed E-state index contributed by atoms with van der Waals surface area (Å²) in [5, 5.41) is 0. The summed E-state index contributed by atoms with van der Waals surface area (Å²) in [6.45, 7) is 2.28. The molecule has 0 aliphatic carbocycles. The van der Waals surface area contributed by atoms with Gasteiger partial charge in [0, 0.05) is 0 Å². The summed E-state index contributed by atoms with van der Waals surface area (Å²) in [7, 11) is 0. The molecular formula is C12H26NaS+. The van der Waals surface area contributed by atoms with Crippen LogP contribution in [0.25, 0.3) is 0 Å². The third-order valence-corrected chi connectivity index (χ3v) is 2.83. The van der Waals surface area contributed by atoms with E-state index < -0.39 is 0 Å². The van der Waals surface area contributed by atoms with Gasteiger partial charge in [-0.05, 0) is 12.2 Å². The van der Waals surface area contributed by atoms with Crippen molar-refractivity contribution in [3.8, 4) is 0 Å². The fraction of sp³-hybridized carbons (Fsp3) is 1.00. The Labute approximate surface area is 118 Å². The second-order valence-corrected chi connectivity index (χ2v) is 4.35. The molecule has 0 saturated carbocycles. The first kappa shape index (κ1) is 17.7. The molecule has 14 heavy (non-hydrogen) atoms. The Morgan fingerprint density at radius 2 is 1.00 bits per heavy atom. The quantitative estimate of drug-likeness (QED) is 0.327. The van der Waals surface area contributed by atoms with Gasteiger partial charge in [-0.2, -0.15) is 12.6 Å². The van der Waals surface area contributed by atoms with E-state index in [1.54, 1.807) is 0 Å². The van der Waals surface area contributed by atoms with Gasteiger partial charge >= 0.3 is 29.6 Å². The second kappa shape index (κ2) is 16.8. The van der Waals surface area contributed by atoms with Crippen molar-refractivity contribution < 1.29 is 29.6 Å². The molecule has 2 heteroatoms. The van der Waals surface area contributed by atoms with Gasteiger partial charge in [-0.3, -0.25) is 0 Å². The van der Waals surface area contributed by atoms with Crippen LogP contribution in [0.1, 0.15) is 71.1 Å². The molecule has 0 radical (unpaired) electrons. The SMILES string of the molecule is CCCCCCCCCCCCS.[Na+]. The summed E-state index contributed by atoms with van der Waals surface area (Å²) in [4.78, 5) is 0. The molecule has 0 N–H and O–H groups in total. The molecule has 0 spiro atoms. The van der Waals surface area contributed by atoms with Crippen LogP contribution in [0, 0.1) is 0 Å². The molecule has 0 aromatic heterocycles. The molecule has 0 unspecified atom stereocenters. The van der Waals surface area contributed by atoms with Gasteiger partial charge in [0.25, 0.3) is 0 Å². The van der Waals surface area contributed by atoms with Crippen molar-refractivity contribution in [1.82, 2.24) is 0 Å². The Morgan fingerprint density at radius 1 is 0.643 bits per heavy atom. The van der Waals surface area contributed by atoms with Gasteiger partial charge in [0.15, 0.2) is 0 Å². The molecule has 0 aliphatic heterocycles. The van der Waals surface area contributed by atoms with Crippen molar-refractivity contribution in [3.63, 3.8) is 0 Å². The molecule has 0 atom stereocenters. The normalized spacial score (nSPS) is 9.86. The van der Waals surface area contributed by atoms with Crippen molar-refractivity contribution in [3.05, 3.63) is 0 Å². The maximum Gasteiger partial charge on any atom is 1.00 e. The zero-order valence-electron chi connectivity index (χ0n) is 10.2. The zero-order valence-corrected chi connectivity index (χ0v) is 13.1. The van der Waals surface area contributed by atoms with E-state index in [-0.39, 0.29) is 29.6 Å². The first-order valence-electron chi connectivity index (χ1n) is 6.02. The monoisotopic (exact) mass is 225 g/mol. The van der Waals surface area contributed by atoms with Crippen molar-refractivity contribution in [2.24, 2.45) is 0 Å². The number of hydrogen-bond donors (Lipinski definition) is 1. The van der Waals surface area contributed by atoms with Gasteiger partial charge < -0.3 is 0 Å². The van der Waals surface area contributed by atoms with E-state index in [1.807, 2.05) is 0 Å². The molecule has 0 nitrogen and oxygen atoms in total. The number of hydrogen-bond acceptors (Lipinski definition) is 1. The molecule has 0 saturated heterocycles. The average Bonchev–Trinajstić information content (AvgIpc) is 2.16. The Balaban J connectivity index is 0. The van der Waals surface area contributed by atoms with E-state index in [1.165, 1.54) is 64.2 Å². The third-order valence-electron chi connectivity index (χ3n) is 2.51. The van der Waals surface area contributed by atoms with E-state index in [0.717, 1.165) is 5.75 Å². The predicted octanol–water partition coefficient (Wildman–Crippen LogP) is 1.84. The maximum atomic E-state index is 4.20. The van der Waals surface area contributed by atoms with Crippen LogP contribution in [0.2, 0.25) is 0 Å². The fourth-order valence-electron chi connectivity index (χ4n) is 1.60. The Hall–Kier alpha value is 1.35. The van der Waals surface area contributed by atoms with Gasteiger partial charge in [-0.25, -0.2) is 0 Å². The summed E-state index contributed by atoms with van der Waals surface area (Å²) < 4.78 is 0. The smallest absolute Gasteiger partial charge is 0.179 e. The number of rotatable bonds is 10. The molecule has 0 rings (SSSR count). The molecule has 0 aliphatic rings. The van der Waals surface area contributed by atoms with Gasteiger partial charge in [-0.1, -0.05) is 64.7 Å². The van der Waals surface area contributed by atoms with Crippen LogP contribution >= 0.6 is 12.6 Å². The minimum atomic E-state index is 0. The van der Waals surface area contributed by atoms with Gasteiger partial charge in [0.05, 0.1) is 0 Å². The van der Waals surface area contributed by atoms with Crippen LogP contribution in [0.15, 0.2) is 0 Å². The van der Waals surface area contributed by atoms with E-state index in [2.05, 4.69) is 19.6 Å². The van der Waals surface area contributed by atoms with Crippen molar-refractivity contribution in [1.29, 1.82) is 0 Å². The molecule has 0 amide bonds. The summed E-state index contributed by atoms with van der Waals surface area (Å²) in [6, 6.07) is 0. The summed E-state index contributed by atoms with van der Waals surface area (Å²) in [6.07, 6.45) is 14.2. The molecule has 0 aromatic rings. The average molecular weight is 225 g/mol. The topological polar surface area (TPSA) is 0 Å². The van der Waals surface area contributed by atoms with Gasteiger partial charge in [0.1, 0.15) is 0 Å². The Bertz CT molecular complexity index is 76.4. The maximum absolute atomic E-state index is 4.20. The van der Waals surface area contributed by atoms with E-state index in [0.29, 0.717) is 0 Å². The number of unbranched alkanes of at least 4 members (excludes halogenated alkanes) is 9. The molecule has 0 fully saturated rings. The third kappa shape index (κ3) is 15.8. The van der Waals surface area contributed by atoms with Crippen molar-refractivity contribution >= 4 is 12.6 Å². The van der Waals surface area contributed by atoms with Crippen LogP contribution < -0.4 is 29.6 Å². The minimum absolute atomic E-state index is 0. The van der Waals surface area contributed by atoms with E-state index in [9.17, 15) is 0 Å². The van der Waals surface area contributed by atoms with E-state index >= 15 is 0 Å². The Kier molecular flexibility index (Phi) is 21.2. The first-order valence-corrected chi connectivity index (χ1v) is 6.66. The van der Waals surface area contributed by atoms with Crippen molar-refractivity contribution in [2.45, 2.75) is 71.1 Å². The van der Waals surface area contributed by atoms with Crippen LogP contribution in [-0.2, 0) is 0 Å². The fourth-order valence-corrected chi connectivity index (χ4v) is 1.82. The second-order valence-electron chi connectivity index (χ2n) is 3.91. The first-order chi connectivity index (χ1) is 6.41. The molecule has 0 aromatic carbocycles. The largest absolute Gasteiger partial charge is 1.00 e. The predicted molar refractivity (Wildman–Crippen MR) is 65.7 cm³/mol. The summed E-state index contributed by atoms with van der Waals surface area (Å²) >= 11 is 4.20. The molecule has 80 valence electrons. The van der Waals surface area contributed by atoms with Crippen LogP contribution in [-0.4, -0.2) is 5.75 Å². The molecule has 0 heterocycles. The standard InChI is InChI=1S/C12H26S.Na/c1-2-3-4-5-6-7-8-9-10-11-12-13;/h13H,2-12H2,1H3;/q;+1. The summed E-state index contributed by atoms with van der Waals surface area (Å²) in [5.41, 5.74) is 0. The molecule has 0 bridgehead atoms. The Morgan fingerprint density at radius 3 is 1.36 bits per heavy atom.